The quantitative estimate of drug-likeness (QED) is 0.547. The molecule has 2 heterocycles. The monoisotopic (exact) mass is 492 g/mol. The number of carbonyl (C=O) groups excluding carboxylic acids is 2. The lowest BCUT2D eigenvalue weighted by Gasteiger charge is -2.39. The van der Waals surface area contributed by atoms with Crippen molar-refractivity contribution in [3.63, 3.8) is 0 Å². The Morgan fingerprint density at radius 1 is 1.15 bits per heavy atom. The maximum absolute atomic E-state index is 13.5. The van der Waals surface area contributed by atoms with Gasteiger partial charge in [0.1, 0.15) is 22.9 Å². The number of nitrogens with zero attached hydrogens (tertiary/aromatic N) is 4. The van der Waals surface area contributed by atoms with Gasteiger partial charge in [-0.15, -0.1) is 0 Å². The van der Waals surface area contributed by atoms with Gasteiger partial charge in [-0.2, -0.15) is 4.31 Å². The first kappa shape index (κ1) is 25.7. The highest BCUT2D eigenvalue weighted by molar-refractivity contribution is 7.89. The molecule has 1 aliphatic rings. The third kappa shape index (κ3) is 5.25. The Hall–Kier alpha value is -2.92. The number of hydrogen-bond donors (Lipinski definition) is 0. The zero-order valence-corrected chi connectivity index (χ0v) is 20.6. The summed E-state index contributed by atoms with van der Waals surface area (Å²) in [7, 11) is -3.86. The van der Waals surface area contributed by atoms with Gasteiger partial charge in [0.05, 0.1) is 17.2 Å². The summed E-state index contributed by atoms with van der Waals surface area (Å²) >= 11 is 0. The van der Waals surface area contributed by atoms with E-state index in [9.17, 15) is 22.4 Å². The number of benzene rings is 1. The summed E-state index contributed by atoms with van der Waals surface area (Å²) in [6.07, 6.45) is 1.20. The van der Waals surface area contributed by atoms with Crippen LogP contribution in [0, 0.1) is 12.7 Å². The molecule has 1 aliphatic heterocycles. The number of halogens is 1. The van der Waals surface area contributed by atoms with Gasteiger partial charge in [0.25, 0.3) is 5.91 Å². The van der Waals surface area contributed by atoms with Crippen molar-refractivity contribution in [3.8, 4) is 0 Å². The molecule has 0 bridgehead atoms. The molecule has 184 valence electrons. The van der Waals surface area contributed by atoms with Crippen molar-refractivity contribution in [3.05, 3.63) is 52.9 Å². The molecule has 11 heteroatoms. The molecule has 9 nitrogen and oxygen atoms in total. The highest BCUT2D eigenvalue weighted by atomic mass is 32.2. The van der Waals surface area contributed by atoms with Crippen LogP contribution >= 0.6 is 0 Å². The van der Waals surface area contributed by atoms with Crippen LogP contribution in [0.4, 0.5) is 4.39 Å². The van der Waals surface area contributed by atoms with Crippen molar-refractivity contribution in [2.75, 3.05) is 26.2 Å². The van der Waals surface area contributed by atoms with Gasteiger partial charge in [-0.3, -0.25) is 4.79 Å². The van der Waals surface area contributed by atoms with Crippen LogP contribution in [0.1, 0.15) is 59.6 Å². The van der Waals surface area contributed by atoms with Gasteiger partial charge in [0.15, 0.2) is 0 Å². The van der Waals surface area contributed by atoms with E-state index in [4.69, 9.17) is 4.74 Å². The highest BCUT2D eigenvalue weighted by Crippen LogP contribution is 2.24. The number of aromatic nitrogens is 2. The van der Waals surface area contributed by atoms with Crippen molar-refractivity contribution in [2.24, 2.45) is 0 Å². The summed E-state index contributed by atoms with van der Waals surface area (Å²) in [5.74, 6) is -1.29. The molecule has 0 aliphatic carbocycles. The number of sulfonamides is 1. The molecule has 3 rings (SSSR count). The van der Waals surface area contributed by atoms with Crippen LogP contribution in [0.15, 0.2) is 29.2 Å². The van der Waals surface area contributed by atoms with E-state index in [1.807, 2.05) is 6.92 Å². The van der Waals surface area contributed by atoms with Crippen LogP contribution in [-0.2, 0) is 21.2 Å². The van der Waals surface area contributed by atoms with Crippen LogP contribution in [-0.4, -0.2) is 71.8 Å². The maximum Gasteiger partial charge on any atom is 0.342 e. The number of carbonyl (C=O) groups is 2. The molecule has 1 unspecified atom stereocenters. The molecular formula is C23H29FN4O5S. The second-order valence-electron chi connectivity index (χ2n) is 8.08. The summed E-state index contributed by atoms with van der Waals surface area (Å²) in [6, 6.07) is 4.09. The van der Waals surface area contributed by atoms with E-state index in [2.05, 4.69) is 9.97 Å². The van der Waals surface area contributed by atoms with Gasteiger partial charge in [0, 0.05) is 25.7 Å². The van der Waals surface area contributed by atoms with Gasteiger partial charge in [-0.05, 0) is 51.5 Å². The lowest BCUT2D eigenvalue weighted by molar-refractivity contribution is 0.0508. The smallest absolute Gasteiger partial charge is 0.342 e. The second kappa shape index (κ2) is 10.6. The van der Waals surface area contributed by atoms with E-state index >= 15 is 0 Å². The molecular weight excluding hydrogens is 463 g/mol. The molecule has 1 aromatic carbocycles. The van der Waals surface area contributed by atoms with Gasteiger partial charge in [-0.25, -0.2) is 27.6 Å². The average Bonchev–Trinajstić information content (AvgIpc) is 2.78. The van der Waals surface area contributed by atoms with E-state index in [-0.39, 0.29) is 42.4 Å². The Labute approximate surface area is 199 Å². The second-order valence-corrected chi connectivity index (χ2v) is 9.97. The van der Waals surface area contributed by atoms with Crippen LogP contribution in [0.2, 0.25) is 0 Å². The normalized spacial score (nSPS) is 17.0. The van der Waals surface area contributed by atoms with E-state index in [0.717, 1.165) is 12.1 Å². The minimum Gasteiger partial charge on any atom is -0.462 e. The van der Waals surface area contributed by atoms with Gasteiger partial charge >= 0.3 is 5.97 Å². The van der Waals surface area contributed by atoms with E-state index < -0.39 is 33.8 Å². The number of esters is 1. The Morgan fingerprint density at radius 3 is 2.41 bits per heavy atom. The molecule has 1 aromatic heterocycles. The molecule has 1 fully saturated rings. The number of piperazine rings is 1. The fourth-order valence-electron chi connectivity index (χ4n) is 4.00. The summed E-state index contributed by atoms with van der Waals surface area (Å²) in [5.41, 5.74) is 0.493. The van der Waals surface area contributed by atoms with Crippen molar-refractivity contribution < 1.29 is 27.1 Å². The molecule has 1 atom stereocenters. The lowest BCUT2D eigenvalue weighted by atomic mass is 10.1. The van der Waals surface area contributed by atoms with Crippen LogP contribution in [0.5, 0.6) is 0 Å². The predicted octanol–water partition coefficient (Wildman–Crippen LogP) is 2.59. The van der Waals surface area contributed by atoms with Gasteiger partial charge in [-0.1, -0.05) is 13.3 Å². The van der Waals surface area contributed by atoms with E-state index in [1.165, 1.54) is 21.3 Å². The maximum atomic E-state index is 13.5. The fraction of sp³-hybridized carbons (Fsp3) is 0.478. The van der Waals surface area contributed by atoms with Crippen LogP contribution < -0.4 is 0 Å². The fourth-order valence-corrected chi connectivity index (χ4v) is 5.61. The zero-order chi connectivity index (χ0) is 25.0. The van der Waals surface area contributed by atoms with Crippen molar-refractivity contribution in [2.45, 2.75) is 51.5 Å². The highest BCUT2D eigenvalue weighted by Gasteiger charge is 2.37. The molecule has 1 amide bonds. The summed E-state index contributed by atoms with van der Waals surface area (Å²) in [5, 5.41) is 0. The molecule has 34 heavy (non-hydrogen) atoms. The SMILES string of the molecule is CCCc1nc(C)nc(C(=O)N2CCN(S(=O)(=O)c3ccc(F)cc3)C(C)C2)c1C(=O)OCC. The predicted molar refractivity (Wildman–Crippen MR) is 122 cm³/mol. The van der Waals surface area contributed by atoms with E-state index in [1.54, 1.807) is 20.8 Å². The Morgan fingerprint density at radius 2 is 1.82 bits per heavy atom. The van der Waals surface area contributed by atoms with Crippen molar-refractivity contribution in [1.29, 1.82) is 0 Å². The number of hydrogen-bond acceptors (Lipinski definition) is 7. The average molecular weight is 493 g/mol. The molecule has 1 saturated heterocycles. The Kier molecular flexibility index (Phi) is 7.98. The summed E-state index contributed by atoms with van der Waals surface area (Å²) < 4.78 is 45.8. The van der Waals surface area contributed by atoms with Gasteiger partial charge < -0.3 is 9.64 Å². The molecule has 0 saturated carbocycles. The first-order chi connectivity index (χ1) is 16.1. The summed E-state index contributed by atoms with van der Waals surface area (Å²) in [6.45, 7) is 7.37. The largest absolute Gasteiger partial charge is 0.462 e. The third-order valence-corrected chi connectivity index (χ3v) is 7.57. The Bertz CT molecular complexity index is 1170. The van der Waals surface area contributed by atoms with E-state index in [0.29, 0.717) is 24.4 Å². The number of aryl methyl sites for hydroxylation is 2. The molecule has 2 aromatic rings. The molecule has 0 radical (unpaired) electrons. The number of amides is 1. The molecule has 0 N–H and O–H groups in total. The van der Waals surface area contributed by atoms with Crippen molar-refractivity contribution in [1.82, 2.24) is 19.2 Å². The Balaban J connectivity index is 1.88. The van der Waals surface area contributed by atoms with Crippen LogP contribution in [0.3, 0.4) is 0 Å². The van der Waals surface area contributed by atoms with Crippen molar-refractivity contribution >= 4 is 21.9 Å². The summed E-state index contributed by atoms with van der Waals surface area (Å²) in [4.78, 5) is 36.3. The first-order valence-electron chi connectivity index (χ1n) is 11.2. The minimum atomic E-state index is -3.86. The lowest BCUT2D eigenvalue weighted by Crippen LogP contribution is -2.55. The number of ether oxygens (including phenoxy) is 1. The number of rotatable bonds is 7. The third-order valence-electron chi connectivity index (χ3n) is 5.54. The topological polar surface area (TPSA) is 110 Å². The molecule has 0 spiro atoms. The zero-order valence-electron chi connectivity index (χ0n) is 19.7. The van der Waals surface area contributed by atoms with Gasteiger partial charge in [0.2, 0.25) is 10.0 Å². The van der Waals surface area contributed by atoms with Crippen LogP contribution in [0.25, 0.3) is 0 Å². The standard InChI is InChI=1S/C23H29FN4O5S/c1-5-7-19-20(23(30)33-6-2)21(26-16(4)25-19)22(29)27-12-13-28(15(3)14-27)34(31,32)18-10-8-17(24)9-11-18/h8-11,15H,5-7,12-14H2,1-4H3. The minimum absolute atomic E-state index is 0.0132. The first-order valence-corrected chi connectivity index (χ1v) is 12.6.